The topological polar surface area (TPSA) is 64.8 Å². The molecule has 1 amide bonds. The molecule has 3 rings (SSSR count). The van der Waals surface area contributed by atoms with Crippen LogP contribution in [0.5, 0.6) is 11.5 Å². The number of benzene rings is 1. The SMILES string of the molecule is NCC1CCN(C(=O)c2cc(Br)c3c(c2)OCCO3)CC1. The van der Waals surface area contributed by atoms with Crippen LogP contribution >= 0.6 is 15.9 Å². The fraction of sp³-hybridized carbons (Fsp3) is 0.533. The second kappa shape index (κ2) is 6.23. The number of ether oxygens (including phenoxy) is 2. The van der Waals surface area contributed by atoms with Gasteiger partial charge < -0.3 is 20.1 Å². The van der Waals surface area contributed by atoms with Gasteiger partial charge in [-0.1, -0.05) is 0 Å². The van der Waals surface area contributed by atoms with Crippen molar-refractivity contribution < 1.29 is 14.3 Å². The summed E-state index contributed by atoms with van der Waals surface area (Å²) < 4.78 is 11.9. The lowest BCUT2D eigenvalue weighted by molar-refractivity contribution is 0.0692. The highest BCUT2D eigenvalue weighted by Gasteiger charge is 2.25. The molecule has 1 aromatic rings. The normalized spacial score (nSPS) is 18.7. The van der Waals surface area contributed by atoms with E-state index in [2.05, 4.69) is 15.9 Å². The highest BCUT2D eigenvalue weighted by Crippen LogP contribution is 2.38. The fourth-order valence-corrected chi connectivity index (χ4v) is 3.35. The Morgan fingerprint density at radius 2 is 2.00 bits per heavy atom. The van der Waals surface area contributed by atoms with Crippen molar-refractivity contribution in [1.29, 1.82) is 0 Å². The van der Waals surface area contributed by atoms with Crippen LogP contribution in [-0.4, -0.2) is 43.7 Å². The van der Waals surface area contributed by atoms with Crippen molar-refractivity contribution in [3.63, 3.8) is 0 Å². The highest BCUT2D eigenvalue weighted by atomic mass is 79.9. The second-order valence-electron chi connectivity index (χ2n) is 5.45. The van der Waals surface area contributed by atoms with Crippen molar-refractivity contribution in [3.05, 3.63) is 22.2 Å². The molecule has 0 aromatic heterocycles. The Morgan fingerprint density at radius 3 is 2.71 bits per heavy atom. The summed E-state index contributed by atoms with van der Waals surface area (Å²) in [6.45, 7) is 3.29. The first-order valence-electron chi connectivity index (χ1n) is 7.27. The van der Waals surface area contributed by atoms with E-state index in [1.165, 1.54) is 0 Å². The summed E-state index contributed by atoms with van der Waals surface area (Å²) in [7, 11) is 0. The number of fused-ring (bicyclic) bond motifs is 1. The first-order valence-corrected chi connectivity index (χ1v) is 8.07. The Labute approximate surface area is 132 Å². The third-order valence-electron chi connectivity index (χ3n) is 4.08. The van der Waals surface area contributed by atoms with Crippen molar-refractivity contribution in [3.8, 4) is 11.5 Å². The van der Waals surface area contributed by atoms with Gasteiger partial charge in [0.05, 0.1) is 4.47 Å². The summed E-state index contributed by atoms with van der Waals surface area (Å²) >= 11 is 3.45. The zero-order valence-electron chi connectivity index (χ0n) is 11.8. The first-order chi connectivity index (χ1) is 10.2. The quantitative estimate of drug-likeness (QED) is 0.882. The van der Waals surface area contributed by atoms with E-state index < -0.39 is 0 Å². The van der Waals surface area contributed by atoms with Crippen LogP contribution in [0.3, 0.4) is 0 Å². The first kappa shape index (κ1) is 14.7. The summed E-state index contributed by atoms with van der Waals surface area (Å²) in [4.78, 5) is 14.5. The maximum absolute atomic E-state index is 12.6. The molecule has 21 heavy (non-hydrogen) atoms. The van der Waals surface area contributed by atoms with Gasteiger partial charge in [0.2, 0.25) is 0 Å². The summed E-state index contributed by atoms with van der Waals surface area (Å²) in [5, 5.41) is 0. The van der Waals surface area contributed by atoms with Crippen molar-refractivity contribution >= 4 is 21.8 Å². The number of piperidine rings is 1. The summed E-state index contributed by atoms with van der Waals surface area (Å²) in [5.74, 6) is 1.90. The average molecular weight is 355 g/mol. The zero-order chi connectivity index (χ0) is 14.8. The van der Waals surface area contributed by atoms with E-state index in [-0.39, 0.29) is 5.91 Å². The number of hydrogen-bond acceptors (Lipinski definition) is 4. The molecule has 2 aliphatic rings. The maximum atomic E-state index is 12.6. The summed E-state index contributed by atoms with van der Waals surface area (Å²) in [6.07, 6.45) is 1.96. The lowest BCUT2D eigenvalue weighted by atomic mass is 9.96. The largest absolute Gasteiger partial charge is 0.486 e. The monoisotopic (exact) mass is 354 g/mol. The Morgan fingerprint density at radius 1 is 1.29 bits per heavy atom. The van der Waals surface area contributed by atoms with E-state index >= 15 is 0 Å². The Hall–Kier alpha value is -1.27. The number of halogens is 1. The molecule has 0 unspecified atom stereocenters. The van der Waals surface area contributed by atoms with Crippen molar-refractivity contribution in [1.82, 2.24) is 4.90 Å². The van der Waals surface area contributed by atoms with Crippen molar-refractivity contribution in [2.75, 3.05) is 32.8 Å². The van der Waals surface area contributed by atoms with E-state index in [0.29, 0.717) is 42.7 Å². The van der Waals surface area contributed by atoms with Gasteiger partial charge in [-0.25, -0.2) is 0 Å². The van der Waals surface area contributed by atoms with Gasteiger partial charge in [-0.05, 0) is 53.4 Å². The van der Waals surface area contributed by atoms with Gasteiger partial charge in [0.25, 0.3) is 5.91 Å². The molecule has 1 fully saturated rings. The fourth-order valence-electron chi connectivity index (χ4n) is 2.79. The number of carbonyl (C=O) groups excluding carboxylic acids is 1. The van der Waals surface area contributed by atoms with Gasteiger partial charge in [-0.2, -0.15) is 0 Å². The zero-order valence-corrected chi connectivity index (χ0v) is 13.4. The molecule has 0 bridgehead atoms. The van der Waals surface area contributed by atoms with Crippen LogP contribution in [0.4, 0.5) is 0 Å². The number of carbonyl (C=O) groups is 1. The van der Waals surface area contributed by atoms with Crippen LogP contribution in [-0.2, 0) is 0 Å². The van der Waals surface area contributed by atoms with Gasteiger partial charge in [0, 0.05) is 18.7 Å². The van der Waals surface area contributed by atoms with Crippen LogP contribution < -0.4 is 15.2 Å². The van der Waals surface area contributed by atoms with Gasteiger partial charge in [0.15, 0.2) is 11.5 Å². The predicted octanol–water partition coefficient (Wildman–Crippen LogP) is 2.03. The summed E-state index contributed by atoms with van der Waals surface area (Å²) in [5.41, 5.74) is 6.33. The molecule has 0 spiro atoms. The predicted molar refractivity (Wildman–Crippen MR) is 82.8 cm³/mol. The van der Waals surface area contributed by atoms with Crippen LogP contribution in [0.2, 0.25) is 0 Å². The van der Waals surface area contributed by atoms with E-state index in [9.17, 15) is 4.79 Å². The Bertz CT molecular complexity index is 542. The minimum absolute atomic E-state index is 0.0446. The molecule has 0 atom stereocenters. The average Bonchev–Trinajstić information content (AvgIpc) is 2.54. The number of likely N-dealkylation sites (tertiary alicyclic amines) is 1. The van der Waals surface area contributed by atoms with Crippen LogP contribution in [0.1, 0.15) is 23.2 Å². The molecule has 5 nitrogen and oxygen atoms in total. The van der Waals surface area contributed by atoms with Crippen LogP contribution in [0.15, 0.2) is 16.6 Å². The molecule has 1 saturated heterocycles. The Balaban J connectivity index is 1.77. The molecule has 0 radical (unpaired) electrons. The molecule has 2 heterocycles. The van der Waals surface area contributed by atoms with Gasteiger partial charge in [-0.3, -0.25) is 4.79 Å². The minimum Gasteiger partial charge on any atom is -0.486 e. The Kier molecular flexibility index (Phi) is 4.35. The molecule has 2 aliphatic heterocycles. The van der Waals surface area contributed by atoms with Gasteiger partial charge >= 0.3 is 0 Å². The molecule has 2 N–H and O–H groups in total. The van der Waals surface area contributed by atoms with E-state index in [1.54, 1.807) is 6.07 Å². The van der Waals surface area contributed by atoms with Gasteiger partial charge in [0.1, 0.15) is 13.2 Å². The number of rotatable bonds is 2. The molecular weight excluding hydrogens is 336 g/mol. The third-order valence-corrected chi connectivity index (χ3v) is 4.67. The number of amides is 1. The highest BCUT2D eigenvalue weighted by molar-refractivity contribution is 9.10. The van der Waals surface area contributed by atoms with Crippen LogP contribution in [0.25, 0.3) is 0 Å². The molecule has 1 aromatic carbocycles. The molecule has 114 valence electrons. The van der Waals surface area contributed by atoms with E-state index in [4.69, 9.17) is 15.2 Å². The third kappa shape index (κ3) is 3.01. The van der Waals surface area contributed by atoms with E-state index in [0.717, 1.165) is 30.4 Å². The molecule has 0 aliphatic carbocycles. The smallest absolute Gasteiger partial charge is 0.254 e. The van der Waals surface area contributed by atoms with E-state index in [1.807, 2.05) is 11.0 Å². The number of nitrogens with two attached hydrogens (primary N) is 1. The number of nitrogens with zero attached hydrogens (tertiary/aromatic N) is 1. The second-order valence-corrected chi connectivity index (χ2v) is 6.31. The van der Waals surface area contributed by atoms with Crippen LogP contribution in [0, 0.1) is 5.92 Å². The summed E-state index contributed by atoms with van der Waals surface area (Å²) in [6, 6.07) is 3.58. The number of hydrogen-bond donors (Lipinski definition) is 1. The minimum atomic E-state index is 0.0446. The van der Waals surface area contributed by atoms with Gasteiger partial charge in [-0.15, -0.1) is 0 Å². The molecule has 0 saturated carbocycles. The van der Waals surface area contributed by atoms with Crippen molar-refractivity contribution in [2.24, 2.45) is 11.7 Å². The maximum Gasteiger partial charge on any atom is 0.254 e. The van der Waals surface area contributed by atoms with Crippen molar-refractivity contribution in [2.45, 2.75) is 12.8 Å². The lowest BCUT2D eigenvalue weighted by Crippen LogP contribution is -2.40. The molecule has 6 heteroatoms. The lowest BCUT2D eigenvalue weighted by Gasteiger charge is -2.31. The molecular formula is C15H19BrN2O3. The standard InChI is InChI=1S/C15H19BrN2O3/c16-12-7-11(8-13-14(12)21-6-5-20-13)15(19)18-3-1-10(9-17)2-4-18/h7-8,10H,1-6,9,17H2.